The molecule has 0 spiro atoms. The fourth-order valence-electron chi connectivity index (χ4n) is 2.12. The first-order valence-corrected chi connectivity index (χ1v) is 15.6. The Balaban J connectivity index is 8.31. The Kier molecular flexibility index (Phi) is 6.92. The van der Waals surface area contributed by atoms with Crippen molar-refractivity contribution in [1.82, 2.24) is 0 Å². The first-order chi connectivity index (χ1) is 51.0. The second-order valence-corrected chi connectivity index (χ2v) is 10.6. The third-order valence-electron chi connectivity index (χ3n) is 4.18. The molecule has 0 saturated heterocycles. The van der Waals surface area contributed by atoms with Crippen molar-refractivity contribution in [2.75, 3.05) is 47.5 Å². The van der Waals surface area contributed by atoms with Crippen LogP contribution in [0.25, 0.3) is 0 Å². The minimum atomic E-state index is -5.95. The summed E-state index contributed by atoms with van der Waals surface area (Å²) in [4.78, 5) is 40.8. The summed E-state index contributed by atoms with van der Waals surface area (Å²) in [5, 5.41) is 0. The number of ether oxygens (including phenoxy) is 2. The quantitative estimate of drug-likeness (QED) is 0.0259. The van der Waals surface area contributed by atoms with E-state index in [1.165, 1.54) is 21.1 Å². The SMILES string of the molecule is [2H]/C(=C(\[2H])C([2H])([2H])C([2H])([2H])C([2H])([2H])C([2H])([2H])C([2H])([2H])C([2H])([2H])C([2H])([2H])C([2H])([2H])[2H])C([2H])([2H])C([2H])([2H])C([2H])([2H])C([2H])([2H])C([2H])([2H])C([2H])([2H])C([2H])([2H])C(=O)OC[C@H](COP(=O)([O-])OCC[N+](C)(C)C)OC(=O)C([2H])([2H])C([2H])([2H])C([2H])([2H])C([2H])([2H])C([2H])([2H])C([2H])([2H])C([2H])([2H])/C([2H])=C(/[2H])C([2H])([2H])C([2H])([2H])C([2H])([2H])C([2H])([2H])C([2H])([2H])C([2H])([2H])C([2H])([2H])C([2H])([2H])[2H]. The van der Waals surface area contributed by atoms with Crippen LogP contribution in [0.2, 0.25) is 0 Å². The van der Waals surface area contributed by atoms with Gasteiger partial charge in [-0.3, -0.25) is 14.2 Å². The summed E-state index contributed by atoms with van der Waals surface area (Å²) in [6.07, 6.45) is -147. The van der Waals surface area contributed by atoms with Crippen LogP contribution in [0.1, 0.15) is 283 Å². The molecular weight excluding hydrogens is 701 g/mol. The van der Waals surface area contributed by atoms with Gasteiger partial charge in [-0.1, -0.05) is 140 Å². The van der Waals surface area contributed by atoms with Gasteiger partial charge in [0.05, 0.1) is 33.2 Å². The topological polar surface area (TPSA) is 111 Å². The predicted molar refractivity (Wildman–Crippen MR) is 222 cm³/mol. The molecule has 2 atom stereocenters. The molecule has 0 radical (unpaired) electrons. The molecule has 0 aromatic rings. The van der Waals surface area contributed by atoms with E-state index in [1.54, 1.807) is 0 Å². The average molecular weight is 853 g/mol. The van der Waals surface area contributed by atoms with E-state index in [1.807, 2.05) is 0 Å². The maximum absolute atomic E-state index is 14.0. The number of carbonyl (C=O) groups excluding carboxylic acids is 2. The number of likely N-dealkylation sites (N-methyl/N-ethyl adjacent to an activating group) is 1. The molecule has 0 fully saturated rings. The van der Waals surface area contributed by atoms with Crippen molar-refractivity contribution in [2.24, 2.45) is 0 Å². The van der Waals surface area contributed by atoms with Gasteiger partial charge >= 0.3 is 11.9 Å². The maximum Gasteiger partial charge on any atom is 0.306 e. The molecule has 318 valence electrons. The number of phosphoric acid groups is 1. The highest BCUT2D eigenvalue weighted by Gasteiger charge is 2.21. The zero-order valence-electron chi connectivity index (χ0n) is 94.6. The van der Waals surface area contributed by atoms with E-state index < -0.39 is 262 Å². The number of allylic oxidation sites excluding steroid dienone is 4. The Bertz CT molecular complexity index is 3810. The summed E-state index contributed by atoms with van der Waals surface area (Å²) in [5.41, 5.74) is 0. The van der Waals surface area contributed by atoms with E-state index in [-0.39, 0.29) is 11.0 Å². The third kappa shape index (κ3) is 40.2. The molecular formula is C44H84NO8P. The molecule has 0 N–H and O–H groups in total. The number of quaternary nitrogens is 1. The number of rotatable bonds is 40. The number of nitrogens with zero attached hydrogens (tertiary/aromatic N) is 1. The van der Waals surface area contributed by atoms with Crippen molar-refractivity contribution in [2.45, 2.75) is 198 Å². The summed E-state index contributed by atoms with van der Waals surface area (Å²) in [6.45, 7) is -13.9. The van der Waals surface area contributed by atoms with Gasteiger partial charge in [0, 0.05) is 97.7 Å². The van der Waals surface area contributed by atoms with Crippen LogP contribution in [0.15, 0.2) is 24.2 Å². The van der Waals surface area contributed by atoms with Crippen LogP contribution in [0, 0.1) is 0 Å². The van der Waals surface area contributed by atoms with Gasteiger partial charge in [0.1, 0.15) is 19.8 Å². The van der Waals surface area contributed by atoms with Crippen molar-refractivity contribution in [3.05, 3.63) is 24.2 Å². The highest BCUT2D eigenvalue weighted by Crippen LogP contribution is 2.38. The Morgan fingerprint density at radius 1 is 0.630 bits per heavy atom. The molecule has 0 heterocycles. The summed E-state index contributed by atoms with van der Waals surface area (Å²) in [6, 6.07) is -11.3. The van der Waals surface area contributed by atoms with Crippen LogP contribution in [0.4, 0.5) is 0 Å². The van der Waals surface area contributed by atoms with Gasteiger partial charge < -0.3 is 27.9 Å². The number of hydrogen-bond acceptors (Lipinski definition) is 8. The lowest BCUT2D eigenvalue weighted by molar-refractivity contribution is -0.870. The summed E-state index contributed by atoms with van der Waals surface area (Å²) in [7, 11) is -1.60. The van der Waals surface area contributed by atoms with Crippen LogP contribution in [-0.4, -0.2) is 70.0 Å². The molecule has 0 aliphatic carbocycles. The van der Waals surface area contributed by atoms with Crippen molar-refractivity contribution in [1.29, 1.82) is 0 Å². The molecule has 1 unspecified atom stereocenters. The lowest BCUT2D eigenvalue weighted by Gasteiger charge is -2.28. The van der Waals surface area contributed by atoms with Crippen molar-refractivity contribution in [3.8, 4) is 0 Å². The smallest absolute Gasteiger partial charge is 0.306 e. The number of esters is 2. The Morgan fingerprint density at radius 2 is 1.04 bits per heavy atom. The van der Waals surface area contributed by atoms with Gasteiger partial charge in [0.2, 0.25) is 0 Å². The third-order valence-corrected chi connectivity index (χ3v) is 5.15. The molecule has 0 aromatic carbocycles. The molecule has 0 aliphatic heterocycles. The molecule has 0 amide bonds. The number of carbonyl (C=O) groups is 2. The van der Waals surface area contributed by atoms with E-state index in [4.69, 9.17) is 90.5 Å². The fourth-order valence-corrected chi connectivity index (χ4v) is 2.85. The molecule has 0 bridgehead atoms. The van der Waals surface area contributed by atoms with Crippen LogP contribution in [0.3, 0.4) is 0 Å². The molecule has 0 aliphatic rings. The van der Waals surface area contributed by atoms with Gasteiger partial charge in [-0.05, 0) is 63.7 Å². The van der Waals surface area contributed by atoms with Gasteiger partial charge in [-0.15, -0.1) is 0 Å². The summed E-state index contributed by atoms with van der Waals surface area (Å²) in [5.74, 6) is -6.15. The normalized spacial score (nSPS) is 40.5. The minimum absolute atomic E-state index is 0.0977. The lowest BCUT2D eigenvalue weighted by atomic mass is 10.1. The standard InChI is InChI=1S/C44H84NO8P/c1-6-8-10-12-14-16-18-20-22-24-26-28-30-32-34-36-43(46)50-40-42(41-52-54(48,49)51-39-38-45(3,4)5)53-44(47)37-35-33-31-29-27-25-23-21-19-17-15-13-11-9-7-2/h20-23,42H,6-19,24-41H2,1-5H3/b22-20-,23-21-/t42-/m1/s1/i1D3,2D3,6D2,7D2,8D2,9D2,10D2,11D2,12D2,13D2,14D2,15D2,16D2,17D2,18D2,19D2,20D,21D,22D,23D,24D2,25D2,26D2,27D2,28D2,29D2,30D2,31D2,32D2,33D2,34D2,35D2,36D2,37D2. The van der Waals surface area contributed by atoms with Crippen LogP contribution < -0.4 is 4.89 Å². The highest BCUT2D eigenvalue weighted by molar-refractivity contribution is 7.45. The number of hydrogen-bond donors (Lipinski definition) is 0. The van der Waals surface area contributed by atoms with Gasteiger partial charge in [0.15, 0.2) is 6.10 Å². The zero-order chi connectivity index (χ0) is 98.7. The van der Waals surface area contributed by atoms with E-state index in [2.05, 4.69) is 18.5 Å². The predicted octanol–water partition coefficient (Wildman–Crippen LogP) is 11.7. The highest BCUT2D eigenvalue weighted by atomic mass is 31.2. The average Bonchev–Trinajstić information content (AvgIpc) is 0.702. The van der Waals surface area contributed by atoms with Crippen LogP contribution in [0.5, 0.6) is 0 Å². The van der Waals surface area contributed by atoms with Crippen molar-refractivity contribution < 1.29 is 133 Å². The van der Waals surface area contributed by atoms with Crippen molar-refractivity contribution >= 4 is 19.8 Å². The fraction of sp³-hybridized carbons (Fsp3) is 0.864. The van der Waals surface area contributed by atoms with Crippen LogP contribution in [-0.2, 0) is 32.7 Å². The summed E-state index contributed by atoms with van der Waals surface area (Å²) < 4.78 is 574. The molecule has 54 heavy (non-hydrogen) atoms. The van der Waals surface area contributed by atoms with Gasteiger partial charge in [-0.25, -0.2) is 0 Å². The Labute approximate surface area is 425 Å². The molecule has 0 saturated carbocycles. The Morgan fingerprint density at radius 3 is 1.48 bits per heavy atom. The van der Waals surface area contributed by atoms with Gasteiger partial charge in [-0.2, -0.15) is 0 Å². The second kappa shape index (κ2) is 37.1. The monoisotopic (exact) mass is 852 g/mol. The molecule has 0 aromatic heterocycles. The van der Waals surface area contributed by atoms with E-state index >= 15 is 0 Å². The zero-order valence-corrected chi connectivity index (χ0v) is 29.5. The first kappa shape index (κ1) is 10.1. The maximum atomic E-state index is 14.0. The van der Waals surface area contributed by atoms with Gasteiger partial charge in [0.25, 0.3) is 7.82 Å². The number of phosphoric ester groups is 1. The first-order valence-electron chi connectivity index (χ1n) is 47.1. The largest absolute Gasteiger partial charge is 0.756 e. The Hall–Kier alpha value is -1.51. The van der Waals surface area contributed by atoms with E-state index in [0.717, 1.165) is 0 Å². The second-order valence-electron chi connectivity index (χ2n) is 9.22. The molecule has 9 nitrogen and oxygen atoms in total. The lowest BCUT2D eigenvalue weighted by Crippen LogP contribution is -2.37. The minimum Gasteiger partial charge on any atom is -0.756 e. The van der Waals surface area contributed by atoms with Crippen molar-refractivity contribution in [3.63, 3.8) is 0 Å². The molecule has 0 rings (SSSR count). The van der Waals surface area contributed by atoms with Crippen LogP contribution >= 0.6 is 7.82 Å². The van der Waals surface area contributed by atoms with E-state index in [0.29, 0.717) is 0 Å². The molecule has 10 heteroatoms. The summed E-state index contributed by atoms with van der Waals surface area (Å²) >= 11 is 0. The van der Waals surface area contributed by atoms with E-state index in [9.17, 15) is 19.0 Å².